The number of aromatic nitrogens is 3. The maximum Gasteiger partial charge on any atom is 0.230 e. The van der Waals surface area contributed by atoms with Gasteiger partial charge in [0.05, 0.1) is 13.4 Å². The van der Waals surface area contributed by atoms with E-state index in [4.69, 9.17) is 13.7 Å². The molecule has 1 aliphatic carbocycles. The molecule has 4 rings (SSSR count). The minimum atomic E-state index is 0.251. The molecule has 0 aliphatic heterocycles. The second-order valence-corrected chi connectivity index (χ2v) is 5.01. The van der Waals surface area contributed by atoms with E-state index in [-0.39, 0.29) is 5.92 Å². The zero-order valence-electron chi connectivity index (χ0n) is 11.4. The van der Waals surface area contributed by atoms with Crippen LogP contribution in [0.4, 0.5) is 0 Å². The first-order valence-corrected chi connectivity index (χ1v) is 6.72. The van der Waals surface area contributed by atoms with E-state index < -0.39 is 0 Å². The van der Waals surface area contributed by atoms with Gasteiger partial charge >= 0.3 is 0 Å². The van der Waals surface area contributed by atoms with Gasteiger partial charge in [-0.2, -0.15) is 4.98 Å². The van der Waals surface area contributed by atoms with Gasteiger partial charge < -0.3 is 13.7 Å². The molecule has 0 spiro atoms. The Morgan fingerprint density at radius 2 is 2.24 bits per heavy atom. The Morgan fingerprint density at radius 3 is 3.05 bits per heavy atom. The van der Waals surface area contributed by atoms with Gasteiger partial charge in [-0.05, 0) is 24.6 Å². The fraction of sp³-hybridized carbons (Fsp3) is 0.267. The number of hydrogen-bond donors (Lipinski definition) is 0. The lowest BCUT2D eigenvalue weighted by molar-refractivity contribution is 0.376. The topological polar surface area (TPSA) is 74.2 Å². The van der Waals surface area contributed by atoms with Crippen molar-refractivity contribution in [2.75, 3.05) is 7.11 Å². The van der Waals surface area contributed by atoms with Crippen LogP contribution in [0.3, 0.4) is 0 Å². The van der Waals surface area contributed by atoms with Crippen LogP contribution >= 0.6 is 0 Å². The van der Waals surface area contributed by atoms with E-state index in [1.165, 1.54) is 0 Å². The summed E-state index contributed by atoms with van der Waals surface area (Å²) in [6, 6.07) is 7.49. The predicted octanol–water partition coefficient (Wildman–Crippen LogP) is 3.00. The number of ether oxygens (including phenoxy) is 1. The standard InChI is InChI=1S/C15H13N3O3/c1-19-13-7-9(4-5-16-13)14-17-15(21-18-14)11-8-10(11)12-3-2-6-20-12/h2-7,10-11H,8H2,1H3/t10-,11-/m0/s1. The Kier molecular flexibility index (Phi) is 2.73. The minimum Gasteiger partial charge on any atom is -0.481 e. The second kappa shape index (κ2) is 4.73. The molecule has 0 saturated heterocycles. The highest BCUT2D eigenvalue weighted by molar-refractivity contribution is 5.55. The van der Waals surface area contributed by atoms with E-state index in [9.17, 15) is 0 Å². The van der Waals surface area contributed by atoms with Crippen LogP contribution in [0.1, 0.15) is 29.9 Å². The Balaban J connectivity index is 1.56. The highest BCUT2D eigenvalue weighted by Gasteiger charge is 2.45. The molecule has 21 heavy (non-hydrogen) atoms. The van der Waals surface area contributed by atoms with Gasteiger partial charge in [0.2, 0.25) is 17.6 Å². The molecule has 2 atom stereocenters. The quantitative estimate of drug-likeness (QED) is 0.732. The molecule has 3 aromatic rings. The van der Waals surface area contributed by atoms with Crippen LogP contribution in [0.15, 0.2) is 45.7 Å². The Labute approximate surface area is 120 Å². The summed E-state index contributed by atoms with van der Waals surface area (Å²) in [4.78, 5) is 8.54. The SMILES string of the molecule is COc1cc(-c2noc([C@H]3C[C@@H]3c3ccco3)n2)ccn1. The average Bonchev–Trinajstić information content (AvgIpc) is 2.97. The molecule has 6 nitrogen and oxygen atoms in total. The van der Waals surface area contributed by atoms with Crippen molar-refractivity contribution >= 4 is 0 Å². The summed E-state index contributed by atoms with van der Waals surface area (Å²) in [5.74, 6) is 3.31. The van der Waals surface area contributed by atoms with E-state index in [2.05, 4.69) is 15.1 Å². The number of methoxy groups -OCH3 is 1. The summed E-state index contributed by atoms with van der Waals surface area (Å²) >= 11 is 0. The largest absolute Gasteiger partial charge is 0.481 e. The van der Waals surface area contributed by atoms with Crippen LogP contribution in [0.2, 0.25) is 0 Å². The normalized spacial score (nSPS) is 20.4. The van der Waals surface area contributed by atoms with E-state index in [0.717, 1.165) is 17.7 Å². The summed E-state index contributed by atoms with van der Waals surface area (Å²) in [6.45, 7) is 0. The zero-order valence-corrected chi connectivity index (χ0v) is 11.4. The van der Waals surface area contributed by atoms with Crippen LogP contribution in [0.5, 0.6) is 5.88 Å². The van der Waals surface area contributed by atoms with E-state index in [0.29, 0.717) is 23.5 Å². The maximum absolute atomic E-state index is 5.42. The van der Waals surface area contributed by atoms with Crippen LogP contribution in [-0.2, 0) is 0 Å². The van der Waals surface area contributed by atoms with Gasteiger partial charge in [-0.15, -0.1) is 0 Å². The molecule has 1 aliphatic rings. The number of pyridine rings is 1. The zero-order chi connectivity index (χ0) is 14.2. The van der Waals surface area contributed by atoms with Crippen molar-refractivity contribution in [3.8, 4) is 17.3 Å². The summed E-state index contributed by atoms with van der Waals surface area (Å²) in [5.41, 5.74) is 0.826. The summed E-state index contributed by atoms with van der Waals surface area (Å²) in [7, 11) is 1.58. The fourth-order valence-electron chi connectivity index (χ4n) is 2.45. The molecule has 0 aromatic carbocycles. The maximum atomic E-state index is 5.42. The third kappa shape index (κ3) is 2.18. The highest BCUT2D eigenvalue weighted by Crippen LogP contribution is 2.54. The molecule has 3 heterocycles. The summed E-state index contributed by atoms with van der Waals surface area (Å²) in [6.07, 6.45) is 4.33. The minimum absolute atomic E-state index is 0.251. The third-order valence-corrected chi connectivity index (χ3v) is 3.66. The first-order valence-electron chi connectivity index (χ1n) is 6.72. The van der Waals surface area contributed by atoms with Crippen LogP contribution in [-0.4, -0.2) is 22.2 Å². The van der Waals surface area contributed by atoms with Crippen LogP contribution in [0.25, 0.3) is 11.4 Å². The van der Waals surface area contributed by atoms with Gasteiger partial charge in [-0.1, -0.05) is 5.16 Å². The summed E-state index contributed by atoms with van der Waals surface area (Å²) in [5, 5.41) is 4.04. The summed E-state index contributed by atoms with van der Waals surface area (Å²) < 4.78 is 15.9. The Morgan fingerprint density at radius 1 is 1.29 bits per heavy atom. The molecule has 0 amide bonds. The van der Waals surface area contributed by atoms with Gasteiger partial charge in [0.1, 0.15) is 5.76 Å². The van der Waals surface area contributed by atoms with Gasteiger partial charge in [0.25, 0.3) is 0 Å². The molecule has 6 heteroatoms. The second-order valence-electron chi connectivity index (χ2n) is 5.01. The van der Waals surface area contributed by atoms with Gasteiger partial charge in [-0.25, -0.2) is 4.98 Å². The number of nitrogens with zero attached hydrogens (tertiary/aromatic N) is 3. The number of furan rings is 1. The Bertz CT molecular complexity index is 751. The van der Waals surface area contributed by atoms with Crippen molar-refractivity contribution < 1.29 is 13.7 Å². The van der Waals surface area contributed by atoms with Gasteiger partial charge in [0.15, 0.2) is 0 Å². The molecule has 1 fully saturated rings. The van der Waals surface area contributed by atoms with Crippen molar-refractivity contribution in [1.29, 1.82) is 0 Å². The molecule has 0 radical (unpaired) electrons. The smallest absolute Gasteiger partial charge is 0.230 e. The molecule has 0 bridgehead atoms. The van der Waals surface area contributed by atoms with Crippen molar-refractivity contribution in [3.05, 3.63) is 48.4 Å². The lowest BCUT2D eigenvalue weighted by Gasteiger charge is -1.98. The third-order valence-electron chi connectivity index (χ3n) is 3.66. The average molecular weight is 283 g/mol. The Hall–Kier alpha value is -2.63. The highest BCUT2D eigenvalue weighted by atomic mass is 16.5. The van der Waals surface area contributed by atoms with E-state index in [1.54, 1.807) is 25.6 Å². The van der Waals surface area contributed by atoms with Crippen LogP contribution in [0, 0.1) is 0 Å². The fourth-order valence-corrected chi connectivity index (χ4v) is 2.45. The monoisotopic (exact) mass is 283 g/mol. The van der Waals surface area contributed by atoms with Gasteiger partial charge in [-0.3, -0.25) is 0 Å². The molecule has 1 saturated carbocycles. The number of hydrogen-bond acceptors (Lipinski definition) is 6. The molecule has 0 N–H and O–H groups in total. The number of rotatable bonds is 4. The van der Waals surface area contributed by atoms with Gasteiger partial charge in [0, 0.05) is 29.7 Å². The van der Waals surface area contributed by atoms with E-state index in [1.807, 2.05) is 18.2 Å². The lowest BCUT2D eigenvalue weighted by atomic mass is 10.2. The molecule has 106 valence electrons. The van der Waals surface area contributed by atoms with Crippen molar-refractivity contribution in [1.82, 2.24) is 15.1 Å². The first-order chi connectivity index (χ1) is 10.3. The lowest BCUT2D eigenvalue weighted by Crippen LogP contribution is -1.89. The predicted molar refractivity (Wildman–Crippen MR) is 72.9 cm³/mol. The molecular formula is C15H13N3O3. The molecule has 3 aromatic heterocycles. The molecular weight excluding hydrogens is 270 g/mol. The van der Waals surface area contributed by atoms with Crippen LogP contribution < -0.4 is 4.74 Å². The first kappa shape index (κ1) is 12.1. The van der Waals surface area contributed by atoms with E-state index >= 15 is 0 Å². The van der Waals surface area contributed by atoms with Crippen molar-refractivity contribution in [2.24, 2.45) is 0 Å². The van der Waals surface area contributed by atoms with Crippen molar-refractivity contribution in [3.63, 3.8) is 0 Å². The van der Waals surface area contributed by atoms with Crippen molar-refractivity contribution in [2.45, 2.75) is 18.3 Å². The molecule has 0 unspecified atom stereocenters.